The van der Waals surface area contributed by atoms with Crippen molar-refractivity contribution in [3.05, 3.63) is 78.5 Å². The van der Waals surface area contributed by atoms with Gasteiger partial charge in [0.1, 0.15) is 0 Å². The van der Waals surface area contributed by atoms with Gasteiger partial charge in [-0.15, -0.1) is 0 Å². The molecule has 3 N–H and O–H groups in total. The second-order valence-electron chi connectivity index (χ2n) is 5.64. The van der Waals surface area contributed by atoms with Crippen LogP contribution < -0.4 is 11.1 Å². The van der Waals surface area contributed by atoms with Gasteiger partial charge in [0.25, 0.3) is 0 Å². The third-order valence-corrected chi connectivity index (χ3v) is 4.08. The lowest BCUT2D eigenvalue weighted by molar-refractivity contribution is 1.15. The molecule has 3 heteroatoms. The van der Waals surface area contributed by atoms with E-state index in [1.807, 2.05) is 30.3 Å². The second kappa shape index (κ2) is 5.61. The topological polar surface area (TPSA) is 50.9 Å². The zero-order chi connectivity index (χ0) is 15.6. The number of benzene rings is 3. The average molecular weight is 299 g/mol. The molecule has 0 fully saturated rings. The van der Waals surface area contributed by atoms with Crippen LogP contribution in [0, 0.1) is 0 Å². The van der Waals surface area contributed by atoms with E-state index in [-0.39, 0.29) is 0 Å². The molecule has 0 aliphatic rings. The Hall–Kier alpha value is -3.07. The average Bonchev–Trinajstić information content (AvgIpc) is 2.60. The van der Waals surface area contributed by atoms with Crippen LogP contribution in [0.25, 0.3) is 21.7 Å². The molecule has 0 spiro atoms. The van der Waals surface area contributed by atoms with Crippen molar-refractivity contribution in [2.75, 3.05) is 11.1 Å². The Morgan fingerprint density at radius 3 is 2.35 bits per heavy atom. The molecule has 0 radical (unpaired) electrons. The van der Waals surface area contributed by atoms with E-state index in [1.54, 1.807) is 6.20 Å². The Bertz CT molecular complexity index is 978. The second-order valence-corrected chi connectivity index (χ2v) is 5.64. The normalized spacial score (nSPS) is 11.0. The zero-order valence-corrected chi connectivity index (χ0v) is 12.7. The Kier molecular flexibility index (Phi) is 3.31. The van der Waals surface area contributed by atoms with Crippen LogP contribution >= 0.6 is 0 Å². The molecule has 0 aliphatic heterocycles. The van der Waals surface area contributed by atoms with Gasteiger partial charge in [-0.05, 0) is 28.5 Å². The van der Waals surface area contributed by atoms with Gasteiger partial charge in [-0.1, -0.05) is 54.6 Å². The molecule has 4 aromatic rings. The summed E-state index contributed by atoms with van der Waals surface area (Å²) >= 11 is 0. The Morgan fingerprint density at radius 1 is 0.870 bits per heavy atom. The third kappa shape index (κ3) is 2.57. The van der Waals surface area contributed by atoms with Gasteiger partial charge in [-0.25, -0.2) is 0 Å². The van der Waals surface area contributed by atoms with Crippen molar-refractivity contribution in [1.82, 2.24) is 4.98 Å². The molecular formula is C20H17N3. The summed E-state index contributed by atoms with van der Waals surface area (Å²) in [6, 6.07) is 22.9. The largest absolute Gasteiger partial charge is 0.396 e. The molecule has 0 saturated carbocycles. The van der Waals surface area contributed by atoms with Crippen LogP contribution in [-0.2, 0) is 6.54 Å². The maximum absolute atomic E-state index is 6.17. The first kappa shape index (κ1) is 13.6. The molecule has 1 aromatic heterocycles. The Morgan fingerprint density at radius 2 is 1.57 bits per heavy atom. The molecule has 0 atom stereocenters. The van der Waals surface area contributed by atoms with E-state index in [0.717, 1.165) is 23.1 Å². The Labute approximate surface area is 134 Å². The Balaban J connectivity index is 1.80. The summed E-state index contributed by atoms with van der Waals surface area (Å²) in [5.41, 5.74) is 9.96. The number of hydrogen-bond donors (Lipinski definition) is 2. The van der Waals surface area contributed by atoms with E-state index in [2.05, 4.69) is 46.7 Å². The van der Waals surface area contributed by atoms with Crippen molar-refractivity contribution in [3.63, 3.8) is 0 Å². The van der Waals surface area contributed by atoms with Gasteiger partial charge < -0.3 is 11.1 Å². The van der Waals surface area contributed by atoms with E-state index in [1.165, 1.54) is 16.3 Å². The van der Waals surface area contributed by atoms with Crippen molar-refractivity contribution >= 4 is 33.1 Å². The number of aromatic nitrogens is 1. The quantitative estimate of drug-likeness (QED) is 0.544. The van der Waals surface area contributed by atoms with Crippen molar-refractivity contribution in [1.29, 1.82) is 0 Å². The fourth-order valence-corrected chi connectivity index (χ4v) is 2.88. The van der Waals surface area contributed by atoms with Crippen molar-refractivity contribution in [2.45, 2.75) is 6.54 Å². The number of rotatable bonds is 3. The lowest BCUT2D eigenvalue weighted by Crippen LogP contribution is -2.04. The van der Waals surface area contributed by atoms with Crippen LogP contribution in [0.5, 0.6) is 0 Å². The van der Waals surface area contributed by atoms with Crippen LogP contribution in [0.2, 0.25) is 0 Å². The summed E-state index contributed by atoms with van der Waals surface area (Å²) in [5, 5.41) is 6.90. The standard InChI is InChI=1S/C20H17N3/c21-18-13-22-19-11-16-9-5-4-8-15(16)10-17(19)20(18)23-12-14-6-2-1-3-7-14/h1-11,13H,12,21H2,(H,22,23). The number of hydrogen-bond acceptors (Lipinski definition) is 3. The summed E-state index contributed by atoms with van der Waals surface area (Å²) in [4.78, 5) is 4.48. The molecule has 23 heavy (non-hydrogen) atoms. The summed E-state index contributed by atoms with van der Waals surface area (Å²) < 4.78 is 0. The first-order valence-corrected chi connectivity index (χ1v) is 7.66. The number of nitrogens with two attached hydrogens (primary N) is 1. The van der Waals surface area contributed by atoms with E-state index in [4.69, 9.17) is 5.73 Å². The van der Waals surface area contributed by atoms with Crippen molar-refractivity contribution < 1.29 is 0 Å². The summed E-state index contributed by atoms with van der Waals surface area (Å²) in [6.45, 7) is 0.733. The number of nitrogens with zero attached hydrogens (tertiary/aromatic N) is 1. The highest BCUT2D eigenvalue weighted by atomic mass is 14.9. The van der Waals surface area contributed by atoms with Crippen LogP contribution in [0.3, 0.4) is 0 Å². The third-order valence-electron chi connectivity index (χ3n) is 4.08. The summed E-state index contributed by atoms with van der Waals surface area (Å²) in [5.74, 6) is 0. The van der Waals surface area contributed by atoms with Crippen molar-refractivity contribution in [2.24, 2.45) is 0 Å². The number of nitrogen functional groups attached to an aromatic ring is 1. The monoisotopic (exact) mass is 299 g/mol. The van der Waals surface area contributed by atoms with Gasteiger partial charge in [0.2, 0.25) is 0 Å². The maximum Gasteiger partial charge on any atom is 0.0743 e. The highest BCUT2D eigenvalue weighted by Gasteiger charge is 2.08. The molecule has 0 bridgehead atoms. The number of pyridine rings is 1. The van der Waals surface area contributed by atoms with Crippen LogP contribution in [-0.4, -0.2) is 4.98 Å². The van der Waals surface area contributed by atoms with Gasteiger partial charge >= 0.3 is 0 Å². The molecule has 0 unspecified atom stereocenters. The van der Waals surface area contributed by atoms with E-state index in [0.29, 0.717) is 5.69 Å². The van der Waals surface area contributed by atoms with Gasteiger partial charge in [0, 0.05) is 11.9 Å². The van der Waals surface area contributed by atoms with Gasteiger partial charge in [0.05, 0.1) is 23.1 Å². The SMILES string of the molecule is Nc1cnc2cc3ccccc3cc2c1NCc1ccccc1. The minimum Gasteiger partial charge on any atom is -0.396 e. The van der Waals surface area contributed by atoms with Gasteiger partial charge in [0.15, 0.2) is 0 Å². The number of anilines is 2. The van der Waals surface area contributed by atoms with Gasteiger partial charge in [-0.2, -0.15) is 0 Å². The molecule has 1 heterocycles. The predicted octanol–water partition coefficient (Wildman–Crippen LogP) is 4.58. The molecule has 112 valence electrons. The molecule has 0 amide bonds. The smallest absolute Gasteiger partial charge is 0.0743 e. The summed E-state index contributed by atoms with van der Waals surface area (Å²) in [6.07, 6.45) is 1.73. The van der Waals surface area contributed by atoms with Gasteiger partial charge in [-0.3, -0.25) is 4.98 Å². The molecular weight excluding hydrogens is 282 g/mol. The van der Waals surface area contributed by atoms with E-state index < -0.39 is 0 Å². The molecule has 4 rings (SSSR count). The van der Waals surface area contributed by atoms with E-state index >= 15 is 0 Å². The predicted molar refractivity (Wildman–Crippen MR) is 97.4 cm³/mol. The maximum atomic E-state index is 6.17. The first-order chi connectivity index (χ1) is 11.3. The van der Waals surface area contributed by atoms with Crippen LogP contribution in [0.4, 0.5) is 11.4 Å². The summed E-state index contributed by atoms with van der Waals surface area (Å²) in [7, 11) is 0. The molecule has 3 aromatic carbocycles. The van der Waals surface area contributed by atoms with Crippen LogP contribution in [0.15, 0.2) is 72.9 Å². The van der Waals surface area contributed by atoms with E-state index in [9.17, 15) is 0 Å². The highest BCUT2D eigenvalue weighted by molar-refractivity contribution is 6.04. The first-order valence-electron chi connectivity index (χ1n) is 7.66. The molecule has 3 nitrogen and oxygen atoms in total. The molecule has 0 aliphatic carbocycles. The fourth-order valence-electron chi connectivity index (χ4n) is 2.88. The van der Waals surface area contributed by atoms with Crippen LogP contribution in [0.1, 0.15) is 5.56 Å². The number of nitrogens with one attached hydrogen (secondary N) is 1. The lowest BCUT2D eigenvalue weighted by Gasteiger charge is -2.13. The van der Waals surface area contributed by atoms with Crippen molar-refractivity contribution in [3.8, 4) is 0 Å². The molecule has 0 saturated heterocycles. The minimum absolute atomic E-state index is 0.670. The zero-order valence-electron chi connectivity index (χ0n) is 12.7. The lowest BCUT2D eigenvalue weighted by atomic mass is 10.1. The fraction of sp³-hybridized carbons (Fsp3) is 0.0500. The minimum atomic E-state index is 0.670. The highest BCUT2D eigenvalue weighted by Crippen LogP contribution is 2.31. The number of fused-ring (bicyclic) bond motifs is 2.